The van der Waals surface area contributed by atoms with Crippen LogP contribution >= 0.6 is 0 Å². The maximum absolute atomic E-state index is 10.2. The Labute approximate surface area is 133 Å². The third kappa shape index (κ3) is 2.43. The highest BCUT2D eigenvalue weighted by molar-refractivity contribution is 5.98. The summed E-state index contributed by atoms with van der Waals surface area (Å²) in [5, 5.41) is 20.1. The van der Waals surface area contributed by atoms with E-state index in [1.54, 1.807) is 18.2 Å². The van der Waals surface area contributed by atoms with Crippen molar-refractivity contribution in [2.24, 2.45) is 0 Å². The number of aromatic nitrogens is 2. The van der Waals surface area contributed by atoms with Gasteiger partial charge in [0.2, 0.25) is 0 Å². The second-order valence-electron chi connectivity index (χ2n) is 5.90. The first-order valence-electron chi connectivity index (χ1n) is 7.67. The number of fused-ring (bicyclic) bond motifs is 1. The molecule has 0 spiro atoms. The molecular formula is C18H16N4O. The van der Waals surface area contributed by atoms with E-state index in [1.165, 1.54) is 12.0 Å². The van der Waals surface area contributed by atoms with Crippen LogP contribution in [-0.4, -0.2) is 33.1 Å². The highest BCUT2D eigenvalue weighted by Crippen LogP contribution is 2.36. The topological polar surface area (TPSA) is 75.9 Å². The molecule has 114 valence electrons. The highest BCUT2D eigenvalue weighted by Gasteiger charge is 2.16. The molecule has 5 nitrogen and oxygen atoms in total. The van der Waals surface area contributed by atoms with E-state index in [0.717, 1.165) is 30.5 Å². The van der Waals surface area contributed by atoms with Gasteiger partial charge in [0.25, 0.3) is 0 Å². The summed E-state index contributed by atoms with van der Waals surface area (Å²) in [6, 6.07) is 11.4. The minimum Gasteiger partial charge on any atom is -0.494 e. The molecule has 0 aliphatic carbocycles. The van der Waals surface area contributed by atoms with E-state index in [1.807, 2.05) is 18.3 Å². The van der Waals surface area contributed by atoms with Gasteiger partial charge in [-0.2, -0.15) is 5.26 Å². The number of likely N-dealkylation sites (tertiary alicyclic amines) is 1. The molecule has 1 saturated heterocycles. The van der Waals surface area contributed by atoms with Gasteiger partial charge in [-0.1, -0.05) is 6.07 Å². The third-order valence-electron chi connectivity index (χ3n) is 4.34. The van der Waals surface area contributed by atoms with Crippen molar-refractivity contribution in [2.45, 2.75) is 13.0 Å². The van der Waals surface area contributed by atoms with Crippen molar-refractivity contribution in [3.05, 3.63) is 47.7 Å². The van der Waals surface area contributed by atoms with E-state index in [2.05, 4.69) is 20.9 Å². The van der Waals surface area contributed by atoms with E-state index in [-0.39, 0.29) is 5.88 Å². The SMILES string of the molecule is N#Cc1ccc2[nH]c(O)c(-c3ccc(CN4CCC4)cn3)c2c1. The Hall–Kier alpha value is -2.84. The molecule has 4 rings (SSSR count). The lowest BCUT2D eigenvalue weighted by atomic mass is 10.1. The standard InChI is InChI=1S/C18H16N4O/c19-9-12-2-4-15-14(8-12)17(18(23)21-15)16-5-3-13(10-20-16)11-22-6-1-7-22/h2-5,8,10,21,23H,1,6-7,11H2. The van der Waals surface area contributed by atoms with Crippen LogP contribution in [0.5, 0.6) is 5.88 Å². The van der Waals surface area contributed by atoms with Crippen LogP contribution in [0, 0.1) is 11.3 Å². The van der Waals surface area contributed by atoms with E-state index in [9.17, 15) is 5.11 Å². The average Bonchev–Trinajstić information content (AvgIpc) is 2.86. The minimum absolute atomic E-state index is 0.0816. The zero-order valence-electron chi connectivity index (χ0n) is 12.6. The lowest BCUT2D eigenvalue weighted by Gasteiger charge is -2.30. The number of hydrogen-bond acceptors (Lipinski definition) is 4. The highest BCUT2D eigenvalue weighted by atomic mass is 16.3. The molecule has 1 fully saturated rings. The van der Waals surface area contributed by atoms with Gasteiger partial charge < -0.3 is 10.1 Å². The Bertz CT molecular complexity index is 901. The molecule has 0 atom stereocenters. The Morgan fingerprint density at radius 2 is 2.13 bits per heavy atom. The van der Waals surface area contributed by atoms with Crippen LogP contribution in [-0.2, 0) is 6.54 Å². The van der Waals surface area contributed by atoms with Crippen molar-refractivity contribution in [2.75, 3.05) is 13.1 Å². The van der Waals surface area contributed by atoms with Gasteiger partial charge in [0.1, 0.15) is 0 Å². The fourth-order valence-electron chi connectivity index (χ4n) is 2.97. The summed E-state index contributed by atoms with van der Waals surface area (Å²) in [5.41, 5.74) is 3.88. The van der Waals surface area contributed by atoms with Crippen LogP contribution in [0.15, 0.2) is 36.5 Å². The van der Waals surface area contributed by atoms with Gasteiger partial charge in [-0.25, -0.2) is 0 Å². The summed E-state index contributed by atoms with van der Waals surface area (Å²) in [7, 11) is 0. The molecule has 3 aromatic rings. The second kappa shape index (κ2) is 5.41. The predicted octanol–water partition coefficient (Wildman–Crippen LogP) is 3.01. The van der Waals surface area contributed by atoms with Crippen molar-refractivity contribution >= 4 is 10.9 Å². The lowest BCUT2D eigenvalue weighted by Crippen LogP contribution is -2.36. The van der Waals surface area contributed by atoms with Gasteiger partial charge in [0.05, 0.1) is 22.9 Å². The molecule has 2 aromatic heterocycles. The normalized spacial score (nSPS) is 14.6. The summed E-state index contributed by atoms with van der Waals surface area (Å²) in [6.45, 7) is 3.23. The van der Waals surface area contributed by atoms with Crippen LogP contribution in [0.1, 0.15) is 17.5 Å². The zero-order valence-corrected chi connectivity index (χ0v) is 12.6. The molecular weight excluding hydrogens is 288 g/mol. The van der Waals surface area contributed by atoms with Crippen LogP contribution in [0.25, 0.3) is 22.2 Å². The number of aromatic hydroxyl groups is 1. The van der Waals surface area contributed by atoms with E-state index in [0.29, 0.717) is 16.8 Å². The Balaban J connectivity index is 1.73. The molecule has 5 heteroatoms. The summed E-state index contributed by atoms with van der Waals surface area (Å²) >= 11 is 0. The number of pyridine rings is 1. The number of nitrogens with one attached hydrogen (secondary N) is 1. The van der Waals surface area contributed by atoms with Gasteiger partial charge in [-0.05, 0) is 49.3 Å². The number of nitriles is 1. The molecule has 1 aliphatic heterocycles. The predicted molar refractivity (Wildman–Crippen MR) is 87.8 cm³/mol. The van der Waals surface area contributed by atoms with E-state index >= 15 is 0 Å². The average molecular weight is 304 g/mol. The monoisotopic (exact) mass is 304 g/mol. The van der Waals surface area contributed by atoms with Crippen LogP contribution in [0.2, 0.25) is 0 Å². The molecule has 0 amide bonds. The van der Waals surface area contributed by atoms with Crippen molar-refractivity contribution < 1.29 is 5.11 Å². The smallest absolute Gasteiger partial charge is 0.199 e. The Morgan fingerprint density at radius 3 is 2.78 bits per heavy atom. The number of aromatic amines is 1. The number of hydrogen-bond donors (Lipinski definition) is 2. The molecule has 2 N–H and O–H groups in total. The van der Waals surface area contributed by atoms with Gasteiger partial charge in [0.15, 0.2) is 5.88 Å². The molecule has 0 radical (unpaired) electrons. The summed E-state index contributed by atoms with van der Waals surface area (Å²) in [6.07, 6.45) is 3.13. The van der Waals surface area contributed by atoms with Gasteiger partial charge in [-0.3, -0.25) is 9.88 Å². The molecule has 0 bridgehead atoms. The zero-order chi connectivity index (χ0) is 15.8. The third-order valence-corrected chi connectivity index (χ3v) is 4.34. The molecule has 1 aromatic carbocycles. The summed E-state index contributed by atoms with van der Waals surface area (Å²) in [4.78, 5) is 9.82. The van der Waals surface area contributed by atoms with E-state index < -0.39 is 0 Å². The molecule has 3 heterocycles. The molecule has 23 heavy (non-hydrogen) atoms. The van der Waals surface area contributed by atoms with Gasteiger partial charge in [-0.15, -0.1) is 0 Å². The number of rotatable bonds is 3. The van der Waals surface area contributed by atoms with E-state index in [4.69, 9.17) is 5.26 Å². The second-order valence-corrected chi connectivity index (χ2v) is 5.90. The molecule has 0 saturated carbocycles. The number of nitrogens with zero attached hydrogens (tertiary/aromatic N) is 3. The first-order chi connectivity index (χ1) is 11.2. The molecule has 0 unspecified atom stereocenters. The van der Waals surface area contributed by atoms with Crippen molar-refractivity contribution in [3.63, 3.8) is 0 Å². The van der Waals surface area contributed by atoms with Crippen LogP contribution in [0.3, 0.4) is 0 Å². The molecule has 1 aliphatic rings. The maximum Gasteiger partial charge on any atom is 0.199 e. The minimum atomic E-state index is 0.0816. The maximum atomic E-state index is 10.2. The van der Waals surface area contributed by atoms with Crippen molar-refractivity contribution in [1.82, 2.24) is 14.9 Å². The fraction of sp³-hybridized carbons (Fsp3) is 0.222. The van der Waals surface area contributed by atoms with Crippen LogP contribution in [0.4, 0.5) is 0 Å². The Morgan fingerprint density at radius 1 is 1.26 bits per heavy atom. The summed E-state index contributed by atoms with van der Waals surface area (Å²) < 4.78 is 0. The van der Waals surface area contributed by atoms with Crippen molar-refractivity contribution in [1.29, 1.82) is 5.26 Å². The fourth-order valence-corrected chi connectivity index (χ4v) is 2.97. The van der Waals surface area contributed by atoms with Gasteiger partial charge >= 0.3 is 0 Å². The first kappa shape index (κ1) is 13.8. The largest absolute Gasteiger partial charge is 0.494 e. The Kier molecular flexibility index (Phi) is 3.25. The van der Waals surface area contributed by atoms with Crippen molar-refractivity contribution in [3.8, 4) is 23.2 Å². The summed E-state index contributed by atoms with van der Waals surface area (Å²) in [5.74, 6) is 0.0816. The first-order valence-corrected chi connectivity index (χ1v) is 7.67. The lowest BCUT2D eigenvalue weighted by molar-refractivity contribution is 0.172. The number of benzene rings is 1. The van der Waals surface area contributed by atoms with Gasteiger partial charge in [0, 0.05) is 23.6 Å². The quantitative estimate of drug-likeness (QED) is 0.780. The van der Waals surface area contributed by atoms with Crippen LogP contribution < -0.4 is 0 Å². The number of H-pyrrole nitrogens is 1.